The summed E-state index contributed by atoms with van der Waals surface area (Å²) in [5.41, 5.74) is 0.385. The molecule has 1 aromatic heterocycles. The Kier molecular flexibility index (Phi) is 5.29. The Labute approximate surface area is 179 Å². The van der Waals surface area contributed by atoms with Crippen LogP contribution in [0.25, 0.3) is 33.7 Å². The van der Waals surface area contributed by atoms with Crippen LogP contribution in [0.2, 0.25) is 5.02 Å². The number of benzene rings is 3. The number of halogens is 4. The minimum absolute atomic E-state index is 0.0402. The quantitative estimate of drug-likeness (QED) is 0.367. The van der Waals surface area contributed by atoms with Gasteiger partial charge in [0.25, 0.3) is 0 Å². The van der Waals surface area contributed by atoms with Gasteiger partial charge in [0.15, 0.2) is 5.76 Å². The van der Waals surface area contributed by atoms with Gasteiger partial charge in [0, 0.05) is 21.7 Å². The summed E-state index contributed by atoms with van der Waals surface area (Å²) in [7, 11) is 0. The molecule has 4 aromatic rings. The molecule has 0 fully saturated rings. The summed E-state index contributed by atoms with van der Waals surface area (Å²) < 4.78 is 46.8. The molecule has 0 aliphatic carbocycles. The molecular weight excluding hydrogens is 431 g/mol. The molecular formula is C23H13ClF3NO3. The van der Waals surface area contributed by atoms with E-state index in [1.165, 1.54) is 42.5 Å². The average molecular weight is 444 g/mol. The van der Waals surface area contributed by atoms with Gasteiger partial charge in [-0.25, -0.2) is 4.79 Å². The van der Waals surface area contributed by atoms with Crippen LogP contribution in [0.1, 0.15) is 15.9 Å². The molecule has 0 saturated heterocycles. The second-order valence-electron chi connectivity index (χ2n) is 6.67. The lowest BCUT2D eigenvalue weighted by molar-refractivity contribution is -0.137. The highest BCUT2D eigenvalue weighted by Gasteiger charge is 2.35. The lowest BCUT2D eigenvalue weighted by atomic mass is 9.92. The van der Waals surface area contributed by atoms with E-state index in [1.54, 1.807) is 24.3 Å². The molecule has 0 amide bonds. The van der Waals surface area contributed by atoms with Gasteiger partial charge < -0.3 is 9.63 Å². The molecule has 8 heteroatoms. The van der Waals surface area contributed by atoms with Gasteiger partial charge in [-0.2, -0.15) is 13.2 Å². The van der Waals surface area contributed by atoms with Crippen LogP contribution in [0, 0.1) is 0 Å². The summed E-state index contributed by atoms with van der Waals surface area (Å²) in [4.78, 5) is 11.1. The first-order valence-electron chi connectivity index (χ1n) is 9.01. The minimum atomic E-state index is -4.60. The average Bonchev–Trinajstić information content (AvgIpc) is 3.18. The molecule has 0 radical (unpaired) electrons. The summed E-state index contributed by atoms with van der Waals surface area (Å²) in [6.07, 6.45) is -4.60. The maximum atomic E-state index is 13.8. The highest BCUT2D eigenvalue weighted by atomic mass is 35.5. The summed E-state index contributed by atoms with van der Waals surface area (Å²) in [5.74, 6) is -1.02. The van der Waals surface area contributed by atoms with Crippen LogP contribution in [0.3, 0.4) is 0 Å². The molecule has 0 spiro atoms. The van der Waals surface area contributed by atoms with Crippen LogP contribution < -0.4 is 0 Å². The van der Waals surface area contributed by atoms with E-state index >= 15 is 0 Å². The Hall–Kier alpha value is -3.58. The lowest BCUT2D eigenvalue weighted by Crippen LogP contribution is -2.07. The predicted octanol–water partition coefficient (Wildman–Crippen LogP) is 7.05. The second kappa shape index (κ2) is 7.92. The van der Waals surface area contributed by atoms with Crippen LogP contribution in [0.15, 0.2) is 77.3 Å². The van der Waals surface area contributed by atoms with Crippen LogP contribution >= 0.6 is 11.6 Å². The summed E-state index contributed by atoms with van der Waals surface area (Å²) in [6.45, 7) is 0. The summed E-state index contributed by atoms with van der Waals surface area (Å²) >= 11 is 5.94. The van der Waals surface area contributed by atoms with Gasteiger partial charge in [0.1, 0.15) is 5.69 Å². The van der Waals surface area contributed by atoms with Crippen molar-refractivity contribution in [3.05, 3.63) is 88.9 Å². The molecule has 4 nitrogen and oxygen atoms in total. The lowest BCUT2D eigenvalue weighted by Gasteiger charge is -2.13. The number of nitrogens with zero attached hydrogens (tertiary/aromatic N) is 1. The van der Waals surface area contributed by atoms with Crippen molar-refractivity contribution in [2.75, 3.05) is 0 Å². The maximum absolute atomic E-state index is 13.8. The van der Waals surface area contributed by atoms with Gasteiger partial charge in [0.05, 0.1) is 16.7 Å². The Morgan fingerprint density at radius 1 is 0.903 bits per heavy atom. The zero-order valence-electron chi connectivity index (χ0n) is 15.7. The number of aromatic nitrogens is 1. The third-order valence-electron chi connectivity index (χ3n) is 4.71. The molecule has 156 valence electrons. The van der Waals surface area contributed by atoms with Crippen molar-refractivity contribution in [2.45, 2.75) is 6.18 Å². The topological polar surface area (TPSA) is 63.3 Å². The monoisotopic (exact) mass is 443 g/mol. The van der Waals surface area contributed by atoms with Crippen molar-refractivity contribution in [1.29, 1.82) is 0 Å². The van der Waals surface area contributed by atoms with Gasteiger partial charge in [-0.1, -0.05) is 59.2 Å². The number of hydrogen-bond acceptors (Lipinski definition) is 3. The van der Waals surface area contributed by atoms with E-state index in [9.17, 15) is 18.0 Å². The third-order valence-corrected chi connectivity index (χ3v) is 4.96. The van der Waals surface area contributed by atoms with Crippen molar-refractivity contribution in [2.24, 2.45) is 0 Å². The van der Waals surface area contributed by atoms with Crippen LogP contribution in [-0.2, 0) is 6.18 Å². The molecule has 0 atom stereocenters. The zero-order chi connectivity index (χ0) is 22.2. The number of alkyl halides is 3. The van der Waals surface area contributed by atoms with Gasteiger partial charge in [-0.05, 0) is 30.3 Å². The fourth-order valence-corrected chi connectivity index (χ4v) is 3.38. The van der Waals surface area contributed by atoms with Crippen molar-refractivity contribution >= 4 is 17.6 Å². The smallest absolute Gasteiger partial charge is 0.417 e. The van der Waals surface area contributed by atoms with Gasteiger partial charge in [0.2, 0.25) is 0 Å². The minimum Gasteiger partial charge on any atom is -0.478 e. The van der Waals surface area contributed by atoms with E-state index in [2.05, 4.69) is 5.16 Å². The normalized spacial score (nSPS) is 11.5. The van der Waals surface area contributed by atoms with Crippen molar-refractivity contribution in [3.63, 3.8) is 0 Å². The number of carboxylic acid groups (broad SMARTS) is 1. The molecule has 4 rings (SSSR count). The van der Waals surface area contributed by atoms with Crippen LogP contribution in [0.5, 0.6) is 0 Å². The van der Waals surface area contributed by atoms with Crippen molar-refractivity contribution < 1.29 is 27.6 Å². The second-order valence-corrected chi connectivity index (χ2v) is 7.10. The number of hydrogen-bond donors (Lipinski definition) is 1. The zero-order valence-corrected chi connectivity index (χ0v) is 16.4. The number of aromatic carboxylic acids is 1. The Bertz CT molecular complexity index is 1250. The van der Waals surface area contributed by atoms with E-state index in [1.807, 2.05) is 0 Å². The van der Waals surface area contributed by atoms with Gasteiger partial charge in [-0.3, -0.25) is 0 Å². The van der Waals surface area contributed by atoms with Gasteiger partial charge in [-0.15, -0.1) is 0 Å². The highest BCUT2D eigenvalue weighted by molar-refractivity contribution is 6.30. The molecule has 0 bridgehead atoms. The summed E-state index contributed by atoms with van der Waals surface area (Å²) in [5, 5.41) is 13.6. The third kappa shape index (κ3) is 4.04. The number of carboxylic acids is 1. The SMILES string of the molecule is O=C(O)c1ccc(-c2onc(-c3ccc(Cl)cc3)c2-c2ccccc2C(F)(F)F)cc1. The van der Waals surface area contributed by atoms with E-state index in [0.717, 1.165) is 6.07 Å². The molecule has 3 aromatic carbocycles. The fourth-order valence-electron chi connectivity index (χ4n) is 3.25. The molecule has 0 aliphatic heterocycles. The standard InChI is InChI=1S/C23H13ClF3NO3/c24-16-11-9-13(10-12-16)20-19(17-3-1-2-4-18(17)23(25,26)27)21(31-28-20)14-5-7-15(8-6-14)22(29)30/h1-12H,(H,29,30). The first-order chi connectivity index (χ1) is 14.8. The Balaban J connectivity index is 1.98. The predicted molar refractivity (Wildman–Crippen MR) is 110 cm³/mol. The molecule has 1 heterocycles. The van der Waals surface area contributed by atoms with Crippen LogP contribution in [-0.4, -0.2) is 16.2 Å². The first-order valence-corrected chi connectivity index (χ1v) is 9.39. The van der Waals surface area contributed by atoms with E-state index < -0.39 is 17.7 Å². The van der Waals surface area contributed by atoms with E-state index in [4.69, 9.17) is 21.2 Å². The molecule has 31 heavy (non-hydrogen) atoms. The largest absolute Gasteiger partial charge is 0.478 e. The summed E-state index contributed by atoms with van der Waals surface area (Å²) in [6, 6.07) is 17.3. The van der Waals surface area contributed by atoms with E-state index in [-0.39, 0.29) is 28.1 Å². The molecule has 0 saturated carbocycles. The van der Waals surface area contributed by atoms with Crippen molar-refractivity contribution in [3.8, 4) is 33.7 Å². The number of carbonyl (C=O) groups is 1. The van der Waals surface area contributed by atoms with Gasteiger partial charge >= 0.3 is 12.1 Å². The van der Waals surface area contributed by atoms with Crippen LogP contribution in [0.4, 0.5) is 13.2 Å². The highest BCUT2D eigenvalue weighted by Crippen LogP contribution is 2.45. The Morgan fingerprint density at radius 2 is 1.52 bits per heavy atom. The van der Waals surface area contributed by atoms with E-state index in [0.29, 0.717) is 16.1 Å². The molecule has 0 unspecified atom stereocenters. The Morgan fingerprint density at radius 3 is 2.13 bits per heavy atom. The fraction of sp³-hybridized carbons (Fsp3) is 0.0435. The number of rotatable bonds is 4. The molecule has 1 N–H and O–H groups in total. The first kappa shape index (κ1) is 20.7. The maximum Gasteiger partial charge on any atom is 0.417 e. The van der Waals surface area contributed by atoms with Crippen molar-refractivity contribution in [1.82, 2.24) is 5.16 Å². The molecule has 0 aliphatic rings.